The van der Waals surface area contributed by atoms with Crippen molar-refractivity contribution in [2.45, 2.75) is 92.7 Å². The molecule has 0 N–H and O–H groups in total. The van der Waals surface area contributed by atoms with Crippen LogP contribution in [0.25, 0.3) is 0 Å². The van der Waals surface area contributed by atoms with Gasteiger partial charge in [-0.05, 0) is 54.4 Å². The molecule has 0 spiro atoms. The summed E-state index contributed by atoms with van der Waals surface area (Å²) in [6, 6.07) is -0.441. The van der Waals surface area contributed by atoms with Crippen LogP contribution in [0, 0.1) is 11.3 Å². The third-order valence-electron chi connectivity index (χ3n) is 4.96. The number of hydrogen-bond acceptors (Lipinski definition) is 8. The summed E-state index contributed by atoms with van der Waals surface area (Å²) in [6.07, 6.45) is -8.24. The average Bonchev–Trinajstić information content (AvgIpc) is 2.68. The fourth-order valence-electron chi connectivity index (χ4n) is 2.98. The van der Waals surface area contributed by atoms with Crippen molar-refractivity contribution in [2.75, 3.05) is 6.61 Å². The zero-order chi connectivity index (χ0) is 27.0. The van der Waals surface area contributed by atoms with Crippen molar-refractivity contribution in [1.29, 1.82) is 0 Å². The Balaban J connectivity index is 5.05. The number of nitrogens with zero attached hydrogens (tertiary/aromatic N) is 1. The summed E-state index contributed by atoms with van der Waals surface area (Å²) in [5.41, 5.74) is -1.27. The second-order valence-electron chi connectivity index (χ2n) is 8.84. The van der Waals surface area contributed by atoms with Crippen LogP contribution in [0.15, 0.2) is 0 Å². The molecule has 9 nitrogen and oxygen atoms in total. The molecule has 0 aliphatic heterocycles. The maximum Gasteiger partial charge on any atom is 0.425 e. The van der Waals surface area contributed by atoms with E-state index in [1.165, 1.54) is 27.7 Å². The molecule has 0 heterocycles. The molecular weight excluding hydrogens is 463 g/mol. The Morgan fingerprint density at radius 2 is 1.47 bits per heavy atom. The smallest absolute Gasteiger partial charge is 0.425 e. The van der Waals surface area contributed by atoms with Crippen LogP contribution in [-0.2, 0) is 38.2 Å². The van der Waals surface area contributed by atoms with Gasteiger partial charge in [0.15, 0.2) is 18.8 Å². The normalized spacial score (nSPS) is 14.6. The van der Waals surface area contributed by atoms with E-state index < -0.39 is 72.1 Å². The summed E-state index contributed by atoms with van der Waals surface area (Å²) in [5, 5.41) is 0. The number of esters is 3. The summed E-state index contributed by atoms with van der Waals surface area (Å²) in [4.78, 5) is 61.7. The molecule has 0 aromatic rings. The first-order valence-electron chi connectivity index (χ1n) is 10.8. The van der Waals surface area contributed by atoms with E-state index in [2.05, 4.69) is 4.74 Å². The highest BCUT2D eigenvalue weighted by atomic mass is 19.4. The van der Waals surface area contributed by atoms with E-state index >= 15 is 0 Å². The first-order chi connectivity index (χ1) is 15.3. The zero-order valence-electron chi connectivity index (χ0n) is 20.8. The molecule has 34 heavy (non-hydrogen) atoms. The van der Waals surface area contributed by atoms with Crippen LogP contribution in [0.1, 0.15) is 68.2 Å². The number of ether oxygens (including phenoxy) is 3. The number of imide groups is 1. The monoisotopic (exact) mass is 497 g/mol. The highest BCUT2D eigenvalue weighted by Gasteiger charge is 2.40. The largest absolute Gasteiger partial charge is 0.453 e. The number of carbonyl (C=O) groups is 5. The van der Waals surface area contributed by atoms with Crippen LogP contribution in [0.5, 0.6) is 0 Å². The van der Waals surface area contributed by atoms with Gasteiger partial charge < -0.3 is 14.2 Å². The van der Waals surface area contributed by atoms with Gasteiger partial charge >= 0.3 is 24.1 Å². The first kappa shape index (κ1) is 31.3. The van der Waals surface area contributed by atoms with E-state index in [9.17, 15) is 37.1 Å². The van der Waals surface area contributed by atoms with Crippen LogP contribution in [0.4, 0.5) is 13.2 Å². The van der Waals surface area contributed by atoms with Gasteiger partial charge in [-0.25, -0.2) is 4.79 Å². The number of hydrogen-bond donors (Lipinski definition) is 0. The number of rotatable bonds is 11. The van der Waals surface area contributed by atoms with E-state index in [1.807, 2.05) is 0 Å². The molecule has 0 aromatic carbocycles. The van der Waals surface area contributed by atoms with Crippen molar-refractivity contribution < 1.29 is 51.4 Å². The lowest BCUT2D eigenvalue weighted by Gasteiger charge is -2.30. The highest BCUT2D eigenvalue weighted by Crippen LogP contribution is 2.30. The summed E-state index contributed by atoms with van der Waals surface area (Å²) in [7, 11) is 0. The standard InChI is InChI=1S/C22H34F3NO8/c1-9-16(19(30)32-11-17(28)34-14(5)22(23,24)25)10-21(7,8)20(31)33-13(4)18(29)26(12(2)3)15(6)27/h12-14,16H,9-11H2,1-8H3. The zero-order valence-corrected chi connectivity index (χ0v) is 20.8. The molecule has 3 atom stereocenters. The van der Waals surface area contributed by atoms with Crippen molar-refractivity contribution in [3.8, 4) is 0 Å². The van der Waals surface area contributed by atoms with Crippen molar-refractivity contribution in [3.05, 3.63) is 0 Å². The Kier molecular flexibility index (Phi) is 11.7. The molecule has 0 rings (SSSR count). The molecule has 0 aliphatic rings. The molecule has 2 amide bonds. The topological polar surface area (TPSA) is 116 Å². The molecule has 0 fully saturated rings. The van der Waals surface area contributed by atoms with Crippen LogP contribution >= 0.6 is 0 Å². The van der Waals surface area contributed by atoms with E-state index in [1.54, 1.807) is 20.8 Å². The molecule has 3 unspecified atom stereocenters. The van der Waals surface area contributed by atoms with Crippen LogP contribution in [0.3, 0.4) is 0 Å². The first-order valence-corrected chi connectivity index (χ1v) is 10.8. The van der Waals surface area contributed by atoms with Crippen LogP contribution in [0.2, 0.25) is 0 Å². The van der Waals surface area contributed by atoms with E-state index in [-0.39, 0.29) is 12.8 Å². The van der Waals surface area contributed by atoms with E-state index in [4.69, 9.17) is 9.47 Å². The van der Waals surface area contributed by atoms with Crippen LogP contribution in [-0.4, -0.2) is 65.7 Å². The SMILES string of the molecule is CCC(CC(C)(C)C(=O)OC(C)C(=O)N(C(C)=O)C(C)C)C(=O)OCC(=O)OC(C)C(F)(F)F. The van der Waals surface area contributed by atoms with Crippen molar-refractivity contribution in [3.63, 3.8) is 0 Å². The molecule has 0 saturated heterocycles. The average molecular weight is 498 g/mol. The van der Waals surface area contributed by atoms with Crippen molar-refractivity contribution in [1.82, 2.24) is 4.90 Å². The molecule has 0 aliphatic carbocycles. The van der Waals surface area contributed by atoms with Crippen LogP contribution < -0.4 is 0 Å². The Morgan fingerprint density at radius 3 is 1.88 bits per heavy atom. The highest BCUT2D eigenvalue weighted by molar-refractivity contribution is 5.97. The van der Waals surface area contributed by atoms with Gasteiger partial charge in [0.2, 0.25) is 5.91 Å². The summed E-state index contributed by atoms with van der Waals surface area (Å²) >= 11 is 0. The Labute approximate surface area is 197 Å². The lowest BCUT2D eigenvalue weighted by atomic mass is 9.81. The lowest BCUT2D eigenvalue weighted by Crippen LogP contribution is -2.47. The number of alkyl halides is 3. The summed E-state index contributed by atoms with van der Waals surface area (Å²) in [6.45, 7) is 10.0. The second kappa shape index (κ2) is 12.7. The minimum Gasteiger partial charge on any atom is -0.453 e. The minimum atomic E-state index is -4.74. The fraction of sp³-hybridized carbons (Fsp3) is 0.773. The lowest BCUT2D eigenvalue weighted by molar-refractivity contribution is -0.218. The van der Waals surface area contributed by atoms with Crippen molar-refractivity contribution >= 4 is 29.7 Å². The van der Waals surface area contributed by atoms with Gasteiger partial charge in [-0.1, -0.05) is 6.92 Å². The summed E-state index contributed by atoms with van der Waals surface area (Å²) < 4.78 is 51.5. The quantitative estimate of drug-likeness (QED) is 0.316. The molecule has 0 saturated carbocycles. The third-order valence-corrected chi connectivity index (χ3v) is 4.96. The number of carbonyl (C=O) groups excluding carboxylic acids is 5. The van der Waals surface area contributed by atoms with Gasteiger partial charge in [0.1, 0.15) is 0 Å². The van der Waals surface area contributed by atoms with Gasteiger partial charge in [-0.2, -0.15) is 13.2 Å². The molecular formula is C22H34F3NO8. The predicted molar refractivity (Wildman–Crippen MR) is 113 cm³/mol. The van der Waals surface area contributed by atoms with Gasteiger partial charge in [0.05, 0.1) is 11.3 Å². The molecule has 0 aromatic heterocycles. The van der Waals surface area contributed by atoms with Gasteiger partial charge in [-0.3, -0.25) is 24.1 Å². The molecule has 12 heteroatoms. The Morgan fingerprint density at radius 1 is 0.941 bits per heavy atom. The maximum atomic E-state index is 12.7. The maximum absolute atomic E-state index is 12.7. The van der Waals surface area contributed by atoms with E-state index in [0.717, 1.165) is 4.90 Å². The Bertz CT molecular complexity index is 764. The second-order valence-corrected chi connectivity index (χ2v) is 8.84. The van der Waals surface area contributed by atoms with E-state index in [0.29, 0.717) is 6.92 Å². The van der Waals surface area contributed by atoms with Gasteiger partial charge in [-0.15, -0.1) is 0 Å². The molecule has 0 radical (unpaired) electrons. The predicted octanol–water partition coefficient (Wildman–Crippen LogP) is 3.18. The van der Waals surface area contributed by atoms with Crippen molar-refractivity contribution in [2.24, 2.45) is 11.3 Å². The Hall–Kier alpha value is -2.66. The fourth-order valence-corrected chi connectivity index (χ4v) is 2.98. The minimum absolute atomic E-state index is 0.0866. The summed E-state index contributed by atoms with van der Waals surface area (Å²) in [5.74, 6) is -5.13. The third kappa shape index (κ3) is 9.68. The molecule has 0 bridgehead atoms. The van der Waals surface area contributed by atoms with Gasteiger partial charge in [0, 0.05) is 13.0 Å². The number of halogens is 3. The molecule has 196 valence electrons. The van der Waals surface area contributed by atoms with Gasteiger partial charge in [0.25, 0.3) is 5.91 Å². The number of amides is 2.